The summed E-state index contributed by atoms with van der Waals surface area (Å²) >= 11 is 4.08. The van der Waals surface area contributed by atoms with Crippen LogP contribution in [0.1, 0.15) is 24.0 Å². The molecule has 0 bridgehead atoms. The minimum Gasteiger partial charge on any atom is -0.481 e. The predicted molar refractivity (Wildman–Crippen MR) is 69.1 cm³/mol. The summed E-state index contributed by atoms with van der Waals surface area (Å²) in [5, 5.41) is 18.1. The van der Waals surface area contributed by atoms with E-state index >= 15 is 0 Å². The molecule has 1 rings (SSSR count). The van der Waals surface area contributed by atoms with Crippen molar-refractivity contribution in [3.63, 3.8) is 0 Å². The monoisotopic (exact) mass is 249 g/mol. The van der Waals surface area contributed by atoms with Gasteiger partial charge in [-0.1, -0.05) is 18.2 Å². The number of nitriles is 1. The molecule has 0 aromatic heterocycles. The lowest BCUT2D eigenvalue weighted by Crippen LogP contribution is -2.17. The molecule has 0 amide bonds. The number of carboxylic acids is 1. The lowest BCUT2D eigenvalue weighted by Gasteiger charge is -2.12. The minimum absolute atomic E-state index is 0.410. The Morgan fingerprint density at radius 3 is 2.76 bits per heavy atom. The van der Waals surface area contributed by atoms with Crippen molar-refractivity contribution in [1.82, 2.24) is 0 Å². The number of nitrogens with zero attached hydrogens (tertiary/aromatic N) is 1. The van der Waals surface area contributed by atoms with E-state index in [1.54, 1.807) is 12.1 Å². The average Bonchev–Trinajstić information content (AvgIpc) is 2.34. The first-order chi connectivity index (χ1) is 8.19. The number of rotatable bonds is 6. The lowest BCUT2D eigenvalue weighted by atomic mass is 9.93. The van der Waals surface area contributed by atoms with Crippen LogP contribution in [0.2, 0.25) is 0 Å². The van der Waals surface area contributed by atoms with Crippen LogP contribution in [0.3, 0.4) is 0 Å². The quantitative estimate of drug-likeness (QED) is 0.761. The highest BCUT2D eigenvalue weighted by Crippen LogP contribution is 2.17. The maximum Gasteiger partial charge on any atom is 0.306 e. The molecule has 3 nitrogen and oxygen atoms in total. The van der Waals surface area contributed by atoms with E-state index in [1.165, 1.54) is 0 Å². The van der Waals surface area contributed by atoms with Crippen molar-refractivity contribution in [2.45, 2.75) is 19.3 Å². The highest BCUT2D eigenvalue weighted by molar-refractivity contribution is 7.80. The van der Waals surface area contributed by atoms with E-state index < -0.39 is 11.9 Å². The van der Waals surface area contributed by atoms with Gasteiger partial charge in [0.15, 0.2) is 0 Å². The zero-order valence-electron chi connectivity index (χ0n) is 9.47. The van der Waals surface area contributed by atoms with E-state index in [0.717, 1.165) is 12.0 Å². The van der Waals surface area contributed by atoms with E-state index in [1.807, 2.05) is 12.1 Å². The Labute approximate surface area is 106 Å². The lowest BCUT2D eigenvalue weighted by molar-refractivity contribution is -0.141. The largest absolute Gasteiger partial charge is 0.481 e. The van der Waals surface area contributed by atoms with Gasteiger partial charge in [0.05, 0.1) is 17.6 Å². The van der Waals surface area contributed by atoms with Gasteiger partial charge in [0.1, 0.15) is 0 Å². The van der Waals surface area contributed by atoms with Gasteiger partial charge in [0.2, 0.25) is 0 Å². The van der Waals surface area contributed by atoms with Crippen LogP contribution < -0.4 is 0 Å². The molecule has 0 radical (unpaired) electrons. The normalized spacial score (nSPS) is 11.8. The number of hydrogen-bond acceptors (Lipinski definition) is 3. The molecule has 0 aliphatic heterocycles. The highest BCUT2D eigenvalue weighted by atomic mass is 32.1. The first kappa shape index (κ1) is 13.6. The molecular formula is C13H15NO2S. The van der Waals surface area contributed by atoms with Gasteiger partial charge in [-0.2, -0.15) is 17.9 Å². The number of carbonyl (C=O) groups is 1. The van der Waals surface area contributed by atoms with Crippen molar-refractivity contribution in [3.05, 3.63) is 35.4 Å². The maximum atomic E-state index is 11.1. The van der Waals surface area contributed by atoms with E-state index in [4.69, 9.17) is 10.4 Å². The van der Waals surface area contributed by atoms with Crippen LogP contribution in [0, 0.1) is 17.2 Å². The van der Waals surface area contributed by atoms with Crippen molar-refractivity contribution in [2.24, 2.45) is 5.92 Å². The first-order valence-electron chi connectivity index (χ1n) is 5.50. The Morgan fingerprint density at radius 1 is 1.47 bits per heavy atom. The van der Waals surface area contributed by atoms with Gasteiger partial charge >= 0.3 is 5.97 Å². The van der Waals surface area contributed by atoms with Crippen LogP contribution in [0.25, 0.3) is 0 Å². The molecule has 1 atom stereocenters. The van der Waals surface area contributed by atoms with Crippen molar-refractivity contribution < 1.29 is 9.90 Å². The Balaban J connectivity index is 2.79. The third-order valence-electron chi connectivity index (χ3n) is 2.66. The maximum absolute atomic E-state index is 11.1. The van der Waals surface area contributed by atoms with Gasteiger partial charge in [0.25, 0.3) is 0 Å². The minimum atomic E-state index is -0.806. The summed E-state index contributed by atoms with van der Waals surface area (Å²) in [4.78, 5) is 11.1. The second kappa shape index (κ2) is 6.97. The Kier molecular flexibility index (Phi) is 5.58. The smallest absolute Gasteiger partial charge is 0.306 e. The van der Waals surface area contributed by atoms with Crippen LogP contribution in [0.4, 0.5) is 0 Å². The van der Waals surface area contributed by atoms with Gasteiger partial charge in [-0.25, -0.2) is 0 Å². The standard InChI is InChI=1S/C13H15NO2S/c14-9-12-5-2-1-4-10(12)8-11(13(15)16)6-3-7-17/h1-2,4-5,11,17H,3,6-8H2,(H,15,16). The Hall–Kier alpha value is -1.47. The van der Waals surface area contributed by atoms with Gasteiger partial charge in [0, 0.05) is 0 Å². The van der Waals surface area contributed by atoms with Crippen LogP contribution in [0.15, 0.2) is 24.3 Å². The van der Waals surface area contributed by atoms with Crippen LogP contribution in [0.5, 0.6) is 0 Å². The van der Waals surface area contributed by atoms with Crippen molar-refractivity contribution >= 4 is 18.6 Å². The van der Waals surface area contributed by atoms with Gasteiger partial charge in [-0.3, -0.25) is 4.79 Å². The topological polar surface area (TPSA) is 61.1 Å². The van der Waals surface area contributed by atoms with Crippen LogP contribution in [-0.4, -0.2) is 16.8 Å². The fourth-order valence-electron chi connectivity index (χ4n) is 1.72. The SMILES string of the molecule is N#Cc1ccccc1CC(CCCS)C(=O)O. The molecule has 0 saturated heterocycles. The second-order valence-electron chi connectivity index (χ2n) is 3.87. The fourth-order valence-corrected chi connectivity index (χ4v) is 1.91. The summed E-state index contributed by atoms with van der Waals surface area (Å²) in [5.74, 6) is -0.555. The third kappa shape index (κ3) is 4.12. The number of aliphatic carboxylic acids is 1. The zero-order valence-corrected chi connectivity index (χ0v) is 10.4. The summed E-state index contributed by atoms with van der Waals surface area (Å²) in [6, 6.07) is 9.23. The number of carboxylic acid groups (broad SMARTS) is 1. The zero-order chi connectivity index (χ0) is 12.7. The highest BCUT2D eigenvalue weighted by Gasteiger charge is 2.18. The summed E-state index contributed by atoms with van der Waals surface area (Å²) in [5.41, 5.74) is 1.37. The Bertz CT molecular complexity index is 426. The van der Waals surface area contributed by atoms with Crippen molar-refractivity contribution in [3.8, 4) is 6.07 Å². The molecule has 0 aliphatic rings. The molecule has 0 fully saturated rings. The fraction of sp³-hybridized carbons (Fsp3) is 0.385. The van der Waals surface area contributed by atoms with E-state index in [2.05, 4.69) is 18.7 Å². The molecule has 90 valence electrons. The van der Waals surface area contributed by atoms with Gasteiger partial charge in [-0.15, -0.1) is 0 Å². The molecule has 0 aliphatic carbocycles. The molecule has 0 spiro atoms. The third-order valence-corrected chi connectivity index (χ3v) is 2.98. The summed E-state index contributed by atoms with van der Waals surface area (Å²) in [6.07, 6.45) is 1.78. The summed E-state index contributed by atoms with van der Waals surface area (Å²) < 4.78 is 0. The molecule has 1 aromatic rings. The predicted octanol–water partition coefficient (Wildman–Crippen LogP) is 2.51. The summed E-state index contributed by atoms with van der Waals surface area (Å²) in [6.45, 7) is 0. The van der Waals surface area contributed by atoms with Crippen molar-refractivity contribution in [2.75, 3.05) is 5.75 Å². The van der Waals surface area contributed by atoms with Gasteiger partial charge < -0.3 is 5.11 Å². The van der Waals surface area contributed by atoms with Gasteiger partial charge in [-0.05, 0) is 36.6 Å². The first-order valence-corrected chi connectivity index (χ1v) is 6.14. The number of benzene rings is 1. The molecule has 0 heterocycles. The molecule has 0 saturated carbocycles. The van der Waals surface area contributed by atoms with E-state index in [0.29, 0.717) is 24.2 Å². The Morgan fingerprint density at radius 2 is 2.18 bits per heavy atom. The average molecular weight is 249 g/mol. The number of hydrogen-bond donors (Lipinski definition) is 2. The van der Waals surface area contributed by atoms with Crippen molar-refractivity contribution in [1.29, 1.82) is 5.26 Å². The van der Waals surface area contributed by atoms with Crippen LogP contribution >= 0.6 is 12.6 Å². The molecule has 1 N–H and O–H groups in total. The molecule has 4 heteroatoms. The molecular weight excluding hydrogens is 234 g/mol. The second-order valence-corrected chi connectivity index (χ2v) is 4.32. The number of thiol groups is 1. The molecule has 1 unspecified atom stereocenters. The summed E-state index contributed by atoms with van der Waals surface area (Å²) in [7, 11) is 0. The van der Waals surface area contributed by atoms with E-state index in [9.17, 15) is 4.79 Å². The van der Waals surface area contributed by atoms with Crippen LogP contribution in [-0.2, 0) is 11.2 Å². The van der Waals surface area contributed by atoms with E-state index in [-0.39, 0.29) is 0 Å². The molecule has 1 aromatic carbocycles. The molecule has 17 heavy (non-hydrogen) atoms.